The zero-order valence-electron chi connectivity index (χ0n) is 46.8. The highest BCUT2D eigenvalue weighted by Gasteiger charge is 2.36. The second-order valence-corrected chi connectivity index (χ2v) is 20.1. The van der Waals surface area contributed by atoms with Gasteiger partial charge >= 0.3 is 5.97 Å². The van der Waals surface area contributed by atoms with E-state index >= 15 is 0 Å². The number of hydrogen-bond acceptors (Lipinski definition) is 16. The number of hydrogen-bond donors (Lipinski definition) is 17. The monoisotopic (exact) mass is 1150 g/mol. The van der Waals surface area contributed by atoms with Gasteiger partial charge in [-0.3, -0.25) is 58.3 Å². The highest BCUT2D eigenvalue weighted by molar-refractivity contribution is 5.98. The molecule has 454 valence electrons. The summed E-state index contributed by atoms with van der Waals surface area (Å²) in [5.41, 5.74) is 34.7. The van der Waals surface area contributed by atoms with Gasteiger partial charge in [0.25, 0.3) is 0 Å². The Bertz CT molecular complexity index is 2470. The number of aliphatic imine (C=N–C) groups is 1. The fraction of sp³-hybridized carbons (Fsp3) is 0.547. The number of amides is 10. The van der Waals surface area contributed by atoms with Gasteiger partial charge in [-0.05, 0) is 74.5 Å². The van der Waals surface area contributed by atoms with E-state index in [1.807, 2.05) is 0 Å². The van der Waals surface area contributed by atoms with Crippen LogP contribution in [-0.2, 0) is 59.2 Å². The average Bonchev–Trinajstić information content (AvgIpc) is 3.43. The first-order valence-corrected chi connectivity index (χ1v) is 26.9. The maximum absolute atomic E-state index is 14.4. The number of carboxylic acid groups (broad SMARTS) is 1. The number of nitrogens with two attached hydrogens (primary N) is 6. The Kier molecular flexibility index (Phi) is 31.4. The van der Waals surface area contributed by atoms with Crippen LogP contribution in [0, 0.1) is 11.8 Å². The van der Waals surface area contributed by atoms with Gasteiger partial charge in [0.1, 0.15) is 42.3 Å². The standard InChI is InChI=1S/C53H84N16O13/c1-29(2)42(68-44(57)32-16-9-6-10-17-32)50(79)64-34(20-22-39(55)71)46(75)66-37(26-31-14-7-5-8-15-31)48(77)69-43(30(3)4)51(80)65-35(21-23-40(56)72)47(76)67-38(28-70)49(78)63-33(18-11-12-24-54)45(74)61-27-41(73)62-36(52(81)82)19-13-25-60-53(58)59/h5-10,14-17,29-30,33-38,42-44,68,70H,11-13,18-28,54,57H2,1-4H3,(H2,55,71)(H2,56,72)(H,61,74)(H,62,73)(H,63,78)(H,64,79)(H,65,80)(H,66,75)(H,67,76)(H,69,77)(H,81,82)(H4,58,59,60)/t33-,34-,35-,36-,37-,38-,42-,43-,44?/m0/s1. The van der Waals surface area contributed by atoms with E-state index in [9.17, 15) is 63.0 Å². The topological polar surface area (TPSA) is 505 Å². The van der Waals surface area contributed by atoms with Crippen LogP contribution in [0.25, 0.3) is 0 Å². The van der Waals surface area contributed by atoms with Gasteiger partial charge in [-0.1, -0.05) is 88.4 Å². The number of aliphatic carboxylic acids is 1. The number of unbranched alkanes of at least 4 members (excludes halogenated alkanes) is 1. The predicted molar refractivity (Wildman–Crippen MR) is 301 cm³/mol. The van der Waals surface area contributed by atoms with Crippen LogP contribution in [0.2, 0.25) is 0 Å². The number of nitrogens with zero attached hydrogens (tertiary/aromatic N) is 1. The Hall–Kier alpha value is -8.28. The van der Waals surface area contributed by atoms with E-state index in [1.165, 1.54) is 0 Å². The molecule has 0 radical (unpaired) electrons. The number of aliphatic hydroxyl groups excluding tert-OH is 1. The molecule has 0 aliphatic heterocycles. The Labute approximate surface area is 476 Å². The van der Waals surface area contributed by atoms with Crippen molar-refractivity contribution in [1.82, 2.24) is 47.9 Å². The van der Waals surface area contributed by atoms with E-state index in [1.54, 1.807) is 88.4 Å². The Balaban J connectivity index is 2.35. The van der Waals surface area contributed by atoms with Crippen molar-refractivity contribution < 1.29 is 63.0 Å². The number of guanidine groups is 1. The summed E-state index contributed by atoms with van der Waals surface area (Å²) in [5, 5.41) is 42.8. The quantitative estimate of drug-likeness (QED) is 0.0130. The third-order valence-corrected chi connectivity index (χ3v) is 12.7. The first-order chi connectivity index (χ1) is 38.8. The minimum atomic E-state index is -1.78. The molecule has 0 aromatic heterocycles. The Morgan fingerprint density at radius 2 is 0.988 bits per heavy atom. The fourth-order valence-electron chi connectivity index (χ4n) is 8.07. The minimum absolute atomic E-state index is 0.0332. The first kappa shape index (κ1) is 69.8. The molecule has 0 saturated carbocycles. The zero-order chi connectivity index (χ0) is 61.5. The smallest absolute Gasteiger partial charge is 0.326 e. The molecular weight excluding hydrogens is 1070 g/mol. The molecule has 0 aliphatic rings. The number of carboxylic acids is 1. The molecule has 2 aromatic carbocycles. The van der Waals surface area contributed by atoms with Crippen LogP contribution < -0.4 is 82.3 Å². The zero-order valence-corrected chi connectivity index (χ0v) is 46.8. The molecule has 1 unspecified atom stereocenters. The van der Waals surface area contributed by atoms with Crippen molar-refractivity contribution in [1.29, 1.82) is 0 Å². The summed E-state index contributed by atoms with van der Waals surface area (Å²) >= 11 is 0. The summed E-state index contributed by atoms with van der Waals surface area (Å²) in [6.07, 6.45) is -1.60. The third-order valence-electron chi connectivity index (χ3n) is 12.7. The van der Waals surface area contributed by atoms with Crippen molar-refractivity contribution in [3.05, 3.63) is 71.8 Å². The third kappa shape index (κ3) is 26.3. The SMILES string of the molecule is CC(C)[C@H](NC(=O)[C@H](Cc1ccccc1)NC(=O)[C@H](CCC(N)=O)NC(=O)[C@@H](NC(N)c1ccccc1)C(C)C)C(=O)N[C@@H](CCC(N)=O)C(=O)N[C@@H](CO)C(=O)N[C@@H](CCCCN)C(=O)NCC(=O)N[C@@H](CCCN=C(N)N)C(=O)O. The molecule has 29 heteroatoms. The van der Waals surface area contributed by atoms with Crippen LogP contribution in [-0.4, -0.2) is 156 Å². The van der Waals surface area contributed by atoms with Gasteiger partial charge in [0, 0.05) is 25.8 Å². The number of nitrogens with one attached hydrogen (secondary N) is 9. The number of rotatable bonds is 39. The van der Waals surface area contributed by atoms with Crippen LogP contribution in [0.1, 0.15) is 103 Å². The second kappa shape index (κ2) is 36.9. The largest absolute Gasteiger partial charge is 0.480 e. The molecule has 9 atom stereocenters. The number of carbonyl (C=O) groups is 11. The van der Waals surface area contributed by atoms with Crippen molar-refractivity contribution in [3.63, 3.8) is 0 Å². The first-order valence-electron chi connectivity index (χ1n) is 26.9. The lowest BCUT2D eigenvalue weighted by molar-refractivity contribution is -0.142. The van der Waals surface area contributed by atoms with Crippen molar-refractivity contribution in [2.45, 2.75) is 146 Å². The second-order valence-electron chi connectivity index (χ2n) is 20.1. The molecule has 2 rings (SSSR count). The van der Waals surface area contributed by atoms with Crippen LogP contribution in [0.3, 0.4) is 0 Å². The molecule has 0 heterocycles. The molecule has 29 nitrogen and oxygen atoms in total. The summed E-state index contributed by atoms with van der Waals surface area (Å²) in [4.78, 5) is 150. The number of primary amides is 2. The van der Waals surface area contributed by atoms with Gasteiger partial charge in [0.2, 0.25) is 59.1 Å². The normalized spacial score (nSPS) is 14.4. The predicted octanol–water partition coefficient (Wildman–Crippen LogP) is -4.54. The highest BCUT2D eigenvalue weighted by atomic mass is 16.4. The van der Waals surface area contributed by atoms with E-state index in [2.05, 4.69) is 52.8 Å². The van der Waals surface area contributed by atoms with Gasteiger partial charge in [0.05, 0.1) is 25.4 Å². The van der Waals surface area contributed by atoms with Gasteiger partial charge < -0.3 is 87.1 Å². The summed E-state index contributed by atoms with van der Waals surface area (Å²) in [6.45, 7) is 5.23. The molecule has 23 N–H and O–H groups in total. The summed E-state index contributed by atoms with van der Waals surface area (Å²) in [5.74, 6) is -11.6. The van der Waals surface area contributed by atoms with E-state index in [0.29, 0.717) is 24.0 Å². The van der Waals surface area contributed by atoms with Crippen molar-refractivity contribution in [2.24, 2.45) is 51.2 Å². The van der Waals surface area contributed by atoms with Crippen LogP contribution in [0.5, 0.6) is 0 Å². The molecule has 0 aliphatic carbocycles. The molecule has 0 spiro atoms. The molecule has 0 fully saturated rings. The summed E-state index contributed by atoms with van der Waals surface area (Å²) in [6, 6.07) is 6.06. The lowest BCUT2D eigenvalue weighted by atomic mass is 9.99. The molecular formula is C53H84N16O13. The maximum Gasteiger partial charge on any atom is 0.326 e. The summed E-state index contributed by atoms with van der Waals surface area (Å²) in [7, 11) is 0. The minimum Gasteiger partial charge on any atom is -0.480 e. The molecule has 0 bridgehead atoms. The van der Waals surface area contributed by atoms with Gasteiger partial charge in [-0.2, -0.15) is 0 Å². The molecule has 2 aromatic rings. The average molecular weight is 1150 g/mol. The Morgan fingerprint density at radius 1 is 0.524 bits per heavy atom. The molecule has 82 heavy (non-hydrogen) atoms. The summed E-state index contributed by atoms with van der Waals surface area (Å²) < 4.78 is 0. The Morgan fingerprint density at radius 3 is 1.49 bits per heavy atom. The van der Waals surface area contributed by atoms with Crippen molar-refractivity contribution in [2.75, 3.05) is 26.2 Å². The van der Waals surface area contributed by atoms with Gasteiger partial charge in [-0.25, -0.2) is 4.79 Å². The lowest BCUT2D eigenvalue weighted by Gasteiger charge is -2.30. The lowest BCUT2D eigenvalue weighted by Crippen LogP contribution is -2.61. The number of aliphatic hydroxyl groups is 1. The van der Waals surface area contributed by atoms with E-state index in [0.717, 1.165) is 0 Å². The van der Waals surface area contributed by atoms with E-state index < -0.39 is 151 Å². The van der Waals surface area contributed by atoms with Crippen LogP contribution in [0.15, 0.2) is 65.7 Å². The van der Waals surface area contributed by atoms with Gasteiger partial charge in [0.15, 0.2) is 5.96 Å². The highest BCUT2D eigenvalue weighted by Crippen LogP contribution is 2.14. The van der Waals surface area contributed by atoms with Crippen LogP contribution >= 0.6 is 0 Å². The number of benzene rings is 2. The van der Waals surface area contributed by atoms with E-state index in [4.69, 9.17) is 34.4 Å². The molecule has 0 saturated heterocycles. The number of carbonyl (C=O) groups excluding carboxylic acids is 10. The maximum atomic E-state index is 14.4. The van der Waals surface area contributed by atoms with Crippen LogP contribution in [0.4, 0.5) is 0 Å². The van der Waals surface area contributed by atoms with Crippen molar-refractivity contribution in [3.8, 4) is 0 Å². The van der Waals surface area contributed by atoms with E-state index in [-0.39, 0.29) is 63.5 Å². The molecule has 10 amide bonds. The van der Waals surface area contributed by atoms with Gasteiger partial charge in [-0.15, -0.1) is 0 Å². The fourth-order valence-corrected chi connectivity index (χ4v) is 8.07. The van der Waals surface area contributed by atoms with Crippen molar-refractivity contribution >= 4 is 71.0 Å².